The standard InChI is InChI=1S/C15H10ClN3O2/c16-10-7-4-8-17-12(10)13-18-14(20)11(15(21)19-13)9-5-2-1-3-6-9/h1-8H,(H2,18,19,20,21). The highest BCUT2D eigenvalue weighted by Gasteiger charge is 2.15. The third-order valence-corrected chi connectivity index (χ3v) is 3.25. The summed E-state index contributed by atoms with van der Waals surface area (Å²) in [5.74, 6) is -0.232. The van der Waals surface area contributed by atoms with Gasteiger partial charge in [-0.3, -0.25) is 9.78 Å². The Hall–Kier alpha value is -2.66. The first-order chi connectivity index (χ1) is 10.2. The van der Waals surface area contributed by atoms with Gasteiger partial charge in [0.25, 0.3) is 5.56 Å². The fourth-order valence-electron chi connectivity index (χ4n) is 2.00. The summed E-state index contributed by atoms with van der Waals surface area (Å²) in [7, 11) is 0. The fraction of sp³-hybridized carbons (Fsp3) is 0. The largest absolute Gasteiger partial charge is 0.493 e. The first kappa shape index (κ1) is 13.3. The van der Waals surface area contributed by atoms with Gasteiger partial charge in [0.2, 0.25) is 5.88 Å². The second-order valence-electron chi connectivity index (χ2n) is 4.31. The molecule has 0 fully saturated rings. The summed E-state index contributed by atoms with van der Waals surface area (Å²) in [5, 5.41) is 10.4. The van der Waals surface area contributed by atoms with Crippen molar-refractivity contribution in [2.24, 2.45) is 0 Å². The van der Waals surface area contributed by atoms with E-state index in [1.165, 1.54) is 6.20 Å². The number of nitrogens with one attached hydrogen (secondary N) is 1. The number of rotatable bonds is 2. The molecule has 0 saturated carbocycles. The van der Waals surface area contributed by atoms with Crippen molar-refractivity contribution in [3.8, 4) is 28.5 Å². The lowest BCUT2D eigenvalue weighted by Gasteiger charge is -2.06. The summed E-state index contributed by atoms with van der Waals surface area (Å²) >= 11 is 6.01. The van der Waals surface area contributed by atoms with Gasteiger partial charge in [0, 0.05) is 6.20 Å². The smallest absolute Gasteiger partial charge is 0.262 e. The zero-order valence-corrected chi connectivity index (χ0v) is 11.5. The molecule has 0 radical (unpaired) electrons. The van der Waals surface area contributed by atoms with Gasteiger partial charge in [-0.1, -0.05) is 41.9 Å². The number of aromatic hydroxyl groups is 1. The number of halogens is 1. The molecule has 0 spiro atoms. The van der Waals surface area contributed by atoms with Gasteiger partial charge in [-0.05, 0) is 17.7 Å². The van der Waals surface area contributed by atoms with Gasteiger partial charge in [0.05, 0.1) is 5.02 Å². The molecule has 0 aliphatic rings. The lowest BCUT2D eigenvalue weighted by molar-refractivity contribution is 0.454. The minimum Gasteiger partial charge on any atom is -0.493 e. The number of H-pyrrole nitrogens is 1. The van der Waals surface area contributed by atoms with Gasteiger partial charge in [-0.25, -0.2) is 0 Å². The number of hydrogen-bond acceptors (Lipinski definition) is 4. The Morgan fingerprint density at radius 3 is 2.52 bits per heavy atom. The lowest BCUT2D eigenvalue weighted by atomic mass is 10.1. The Morgan fingerprint density at radius 1 is 1.10 bits per heavy atom. The molecule has 0 atom stereocenters. The zero-order valence-electron chi connectivity index (χ0n) is 10.7. The maximum absolute atomic E-state index is 12.2. The van der Waals surface area contributed by atoms with Crippen molar-refractivity contribution in [2.45, 2.75) is 0 Å². The average molecular weight is 300 g/mol. The maximum Gasteiger partial charge on any atom is 0.262 e. The van der Waals surface area contributed by atoms with Crippen LogP contribution >= 0.6 is 11.6 Å². The highest BCUT2D eigenvalue weighted by Crippen LogP contribution is 2.27. The van der Waals surface area contributed by atoms with E-state index in [-0.39, 0.29) is 17.3 Å². The SMILES string of the molecule is O=c1[nH]c(-c2ncccc2Cl)nc(O)c1-c1ccccc1. The van der Waals surface area contributed by atoms with E-state index < -0.39 is 5.56 Å². The number of aromatic nitrogens is 3. The van der Waals surface area contributed by atoms with Gasteiger partial charge >= 0.3 is 0 Å². The Labute approximate surface area is 124 Å². The van der Waals surface area contributed by atoms with Crippen molar-refractivity contribution >= 4 is 11.6 Å². The van der Waals surface area contributed by atoms with E-state index in [2.05, 4.69) is 15.0 Å². The van der Waals surface area contributed by atoms with Crippen LogP contribution in [-0.2, 0) is 0 Å². The monoisotopic (exact) mass is 299 g/mol. The minimum absolute atomic E-state index is 0.117. The van der Waals surface area contributed by atoms with Crippen LogP contribution in [0.5, 0.6) is 5.88 Å². The molecule has 2 N–H and O–H groups in total. The second-order valence-corrected chi connectivity index (χ2v) is 4.72. The highest BCUT2D eigenvalue weighted by atomic mass is 35.5. The van der Waals surface area contributed by atoms with E-state index in [0.29, 0.717) is 16.3 Å². The van der Waals surface area contributed by atoms with Crippen LogP contribution in [0.25, 0.3) is 22.6 Å². The third-order valence-electron chi connectivity index (χ3n) is 2.95. The summed E-state index contributed by atoms with van der Waals surface area (Å²) in [6.07, 6.45) is 1.53. The molecule has 104 valence electrons. The Kier molecular flexibility index (Phi) is 3.41. The minimum atomic E-state index is -0.453. The molecule has 2 heterocycles. The molecule has 1 aromatic carbocycles. The van der Waals surface area contributed by atoms with Crippen molar-refractivity contribution in [2.75, 3.05) is 0 Å². The normalized spacial score (nSPS) is 10.5. The molecule has 0 saturated heterocycles. The van der Waals surface area contributed by atoms with Crippen LogP contribution in [0, 0.1) is 0 Å². The van der Waals surface area contributed by atoms with Crippen molar-refractivity contribution < 1.29 is 5.11 Å². The predicted molar refractivity (Wildman–Crippen MR) is 80.2 cm³/mol. The van der Waals surface area contributed by atoms with Crippen molar-refractivity contribution in [3.63, 3.8) is 0 Å². The molecule has 3 rings (SSSR count). The Bertz CT molecular complexity index is 847. The lowest BCUT2D eigenvalue weighted by Crippen LogP contribution is -2.12. The molecule has 0 aliphatic heterocycles. The summed E-state index contributed by atoms with van der Waals surface area (Å²) < 4.78 is 0. The summed E-state index contributed by atoms with van der Waals surface area (Å²) in [6.45, 7) is 0. The molecule has 0 amide bonds. The molecule has 2 aromatic heterocycles. The van der Waals surface area contributed by atoms with Crippen LogP contribution in [0.3, 0.4) is 0 Å². The zero-order chi connectivity index (χ0) is 14.8. The van der Waals surface area contributed by atoms with E-state index in [4.69, 9.17) is 11.6 Å². The molecular weight excluding hydrogens is 290 g/mol. The van der Waals surface area contributed by atoms with Gasteiger partial charge in [-0.2, -0.15) is 4.98 Å². The predicted octanol–water partition coefficient (Wildman–Crippen LogP) is 2.86. The number of benzene rings is 1. The van der Waals surface area contributed by atoms with E-state index in [1.54, 1.807) is 36.4 Å². The fourth-order valence-corrected chi connectivity index (χ4v) is 2.21. The van der Waals surface area contributed by atoms with E-state index in [9.17, 15) is 9.90 Å². The summed E-state index contributed by atoms with van der Waals surface area (Å²) in [5.41, 5.74) is 0.561. The molecule has 0 bridgehead atoms. The van der Waals surface area contributed by atoms with E-state index >= 15 is 0 Å². The quantitative estimate of drug-likeness (QED) is 0.762. The number of nitrogens with zero attached hydrogens (tertiary/aromatic N) is 2. The molecular formula is C15H10ClN3O2. The maximum atomic E-state index is 12.2. The van der Waals surface area contributed by atoms with Gasteiger partial charge < -0.3 is 10.1 Å². The Morgan fingerprint density at radius 2 is 1.86 bits per heavy atom. The average Bonchev–Trinajstić information content (AvgIpc) is 2.48. The second kappa shape index (κ2) is 5.38. The van der Waals surface area contributed by atoms with Gasteiger partial charge in [-0.15, -0.1) is 0 Å². The van der Waals surface area contributed by atoms with Crippen LogP contribution in [0.1, 0.15) is 0 Å². The van der Waals surface area contributed by atoms with Gasteiger partial charge in [0.15, 0.2) is 5.82 Å². The van der Waals surface area contributed by atoms with E-state index in [1.807, 2.05) is 6.07 Å². The molecule has 0 unspecified atom stereocenters. The summed E-state index contributed by atoms with van der Waals surface area (Å²) in [4.78, 5) is 22.9. The van der Waals surface area contributed by atoms with Crippen LogP contribution in [0.2, 0.25) is 5.02 Å². The molecule has 3 aromatic rings. The number of pyridine rings is 1. The number of hydrogen-bond donors (Lipinski definition) is 2. The number of aromatic amines is 1. The van der Waals surface area contributed by atoms with E-state index in [0.717, 1.165) is 0 Å². The van der Waals surface area contributed by atoms with Crippen molar-refractivity contribution in [1.82, 2.24) is 15.0 Å². The van der Waals surface area contributed by atoms with Crippen LogP contribution in [-0.4, -0.2) is 20.1 Å². The topological polar surface area (TPSA) is 78.9 Å². The molecule has 6 heteroatoms. The summed E-state index contributed by atoms with van der Waals surface area (Å²) in [6, 6.07) is 12.1. The molecule has 21 heavy (non-hydrogen) atoms. The molecule has 0 aliphatic carbocycles. The van der Waals surface area contributed by atoms with Crippen molar-refractivity contribution in [1.29, 1.82) is 0 Å². The van der Waals surface area contributed by atoms with Crippen molar-refractivity contribution in [3.05, 3.63) is 64.0 Å². The van der Waals surface area contributed by atoms with Crippen LogP contribution in [0.15, 0.2) is 53.5 Å². The first-order valence-electron chi connectivity index (χ1n) is 6.16. The highest BCUT2D eigenvalue weighted by molar-refractivity contribution is 6.32. The molecule has 5 nitrogen and oxygen atoms in total. The first-order valence-corrected chi connectivity index (χ1v) is 6.54. The Balaban J connectivity index is 2.18. The van der Waals surface area contributed by atoms with Crippen LogP contribution in [0.4, 0.5) is 0 Å². The van der Waals surface area contributed by atoms with Crippen LogP contribution < -0.4 is 5.56 Å². The third kappa shape index (κ3) is 2.51. The van der Waals surface area contributed by atoms with Gasteiger partial charge in [0.1, 0.15) is 11.3 Å².